The van der Waals surface area contributed by atoms with Crippen molar-refractivity contribution < 1.29 is 4.79 Å². The third kappa shape index (κ3) is 2.61. The molecule has 3 rings (SSSR count). The molecule has 20 heavy (non-hydrogen) atoms. The average Bonchev–Trinajstić information content (AvgIpc) is 2.80. The largest absolute Gasteiger partial charge is 0.298 e. The molecule has 1 aromatic carbocycles. The van der Waals surface area contributed by atoms with Gasteiger partial charge in [0.15, 0.2) is 5.13 Å². The van der Waals surface area contributed by atoms with Crippen LogP contribution in [0.5, 0.6) is 0 Å². The number of aromatic nitrogens is 1. The van der Waals surface area contributed by atoms with Crippen molar-refractivity contribution in [2.24, 2.45) is 5.92 Å². The molecule has 0 spiro atoms. The molecule has 0 unspecified atom stereocenters. The van der Waals surface area contributed by atoms with Gasteiger partial charge < -0.3 is 0 Å². The van der Waals surface area contributed by atoms with Gasteiger partial charge in [0, 0.05) is 10.4 Å². The lowest BCUT2D eigenvalue weighted by molar-refractivity contribution is 0.102. The van der Waals surface area contributed by atoms with Crippen LogP contribution in [0, 0.1) is 12.8 Å². The highest BCUT2D eigenvalue weighted by Gasteiger charge is 2.20. The maximum absolute atomic E-state index is 12.3. The van der Waals surface area contributed by atoms with Gasteiger partial charge in [0.1, 0.15) is 0 Å². The number of nitrogens with one attached hydrogen (secondary N) is 1. The first-order valence-corrected chi connectivity index (χ1v) is 7.80. The molecule has 0 aliphatic heterocycles. The topological polar surface area (TPSA) is 42.0 Å². The van der Waals surface area contributed by atoms with E-state index in [2.05, 4.69) is 17.2 Å². The van der Waals surface area contributed by atoms with E-state index in [0.29, 0.717) is 5.56 Å². The monoisotopic (exact) mass is 286 g/mol. The molecule has 2 aromatic rings. The Labute approximate surface area is 123 Å². The Morgan fingerprint density at radius 3 is 3.00 bits per heavy atom. The van der Waals surface area contributed by atoms with E-state index in [1.54, 1.807) is 11.3 Å². The predicted octanol–water partition coefficient (Wildman–Crippen LogP) is 3.83. The molecule has 1 atom stereocenters. The van der Waals surface area contributed by atoms with Crippen LogP contribution in [0.4, 0.5) is 5.13 Å². The highest BCUT2D eigenvalue weighted by Crippen LogP contribution is 2.32. The Morgan fingerprint density at radius 2 is 2.20 bits per heavy atom. The summed E-state index contributed by atoms with van der Waals surface area (Å²) in [6, 6.07) is 7.62. The second-order valence-electron chi connectivity index (χ2n) is 5.51. The smallest absolute Gasteiger partial charge is 0.257 e. The number of carbonyl (C=O) groups excluding carboxylic acids is 1. The van der Waals surface area contributed by atoms with E-state index in [-0.39, 0.29) is 5.91 Å². The molecular formula is C16H18N2OS. The fraction of sp³-hybridized carbons (Fsp3) is 0.375. The van der Waals surface area contributed by atoms with Gasteiger partial charge in [0.25, 0.3) is 5.91 Å². The van der Waals surface area contributed by atoms with E-state index in [4.69, 9.17) is 0 Å². The van der Waals surface area contributed by atoms with Crippen LogP contribution in [0.25, 0.3) is 0 Å². The maximum Gasteiger partial charge on any atom is 0.257 e. The summed E-state index contributed by atoms with van der Waals surface area (Å²) in [5.74, 6) is 0.658. The third-order valence-electron chi connectivity index (χ3n) is 3.80. The summed E-state index contributed by atoms with van der Waals surface area (Å²) in [5, 5.41) is 3.67. The molecule has 1 aromatic heterocycles. The van der Waals surface area contributed by atoms with Crippen molar-refractivity contribution >= 4 is 22.4 Å². The molecular weight excluding hydrogens is 268 g/mol. The van der Waals surface area contributed by atoms with Crippen LogP contribution >= 0.6 is 11.3 Å². The second kappa shape index (κ2) is 5.37. The molecule has 1 N–H and O–H groups in total. The average molecular weight is 286 g/mol. The first kappa shape index (κ1) is 13.3. The highest BCUT2D eigenvalue weighted by atomic mass is 32.1. The van der Waals surface area contributed by atoms with E-state index < -0.39 is 0 Å². The number of aryl methyl sites for hydroxylation is 2. The van der Waals surface area contributed by atoms with Gasteiger partial charge in [-0.1, -0.05) is 25.1 Å². The second-order valence-corrected chi connectivity index (χ2v) is 6.59. The number of carbonyl (C=O) groups is 1. The number of thiazole rings is 1. The first-order chi connectivity index (χ1) is 9.63. The molecule has 104 valence electrons. The molecule has 0 bridgehead atoms. The summed E-state index contributed by atoms with van der Waals surface area (Å²) in [5.41, 5.74) is 2.88. The number of amides is 1. The zero-order valence-corrected chi connectivity index (χ0v) is 12.6. The lowest BCUT2D eigenvalue weighted by Gasteiger charge is -2.15. The van der Waals surface area contributed by atoms with Crippen molar-refractivity contribution in [3.63, 3.8) is 0 Å². The standard InChI is InChI=1S/C16H18N2OS/c1-10-7-8-13-14(9-10)20-16(17-13)18-15(19)12-6-4-3-5-11(12)2/h3-6,10H,7-9H2,1-2H3,(H,17,18,19)/t10-/m0/s1. The van der Waals surface area contributed by atoms with Gasteiger partial charge in [-0.05, 0) is 43.7 Å². The minimum absolute atomic E-state index is 0.0674. The van der Waals surface area contributed by atoms with Crippen LogP contribution < -0.4 is 5.32 Å². The SMILES string of the molecule is Cc1ccccc1C(=O)Nc1nc2c(s1)C[C@@H](C)CC2. The minimum atomic E-state index is -0.0674. The number of hydrogen-bond acceptors (Lipinski definition) is 3. The zero-order valence-electron chi connectivity index (χ0n) is 11.8. The van der Waals surface area contributed by atoms with Crippen molar-refractivity contribution in [2.75, 3.05) is 5.32 Å². The van der Waals surface area contributed by atoms with Crippen molar-refractivity contribution in [3.05, 3.63) is 46.0 Å². The molecule has 3 nitrogen and oxygen atoms in total. The molecule has 0 saturated heterocycles. The maximum atomic E-state index is 12.3. The molecule has 0 saturated carbocycles. The number of hydrogen-bond donors (Lipinski definition) is 1. The fourth-order valence-electron chi connectivity index (χ4n) is 2.59. The van der Waals surface area contributed by atoms with Crippen molar-refractivity contribution in [1.29, 1.82) is 0 Å². The number of rotatable bonds is 2. The molecule has 0 fully saturated rings. The number of benzene rings is 1. The van der Waals surface area contributed by atoms with Gasteiger partial charge in [-0.3, -0.25) is 10.1 Å². The van der Waals surface area contributed by atoms with Crippen LogP contribution in [0.15, 0.2) is 24.3 Å². The Balaban J connectivity index is 1.79. The number of nitrogens with zero attached hydrogens (tertiary/aromatic N) is 1. The lowest BCUT2D eigenvalue weighted by atomic mass is 9.93. The van der Waals surface area contributed by atoms with Crippen LogP contribution in [0.1, 0.15) is 39.8 Å². The van der Waals surface area contributed by atoms with Crippen molar-refractivity contribution in [3.8, 4) is 0 Å². The molecule has 1 amide bonds. The van der Waals surface area contributed by atoms with Gasteiger partial charge in [0.2, 0.25) is 0 Å². The van der Waals surface area contributed by atoms with E-state index in [1.165, 1.54) is 17.0 Å². The number of anilines is 1. The predicted molar refractivity (Wildman–Crippen MR) is 82.4 cm³/mol. The Morgan fingerprint density at radius 1 is 1.40 bits per heavy atom. The Bertz CT molecular complexity index is 648. The Hall–Kier alpha value is -1.68. The lowest BCUT2D eigenvalue weighted by Crippen LogP contribution is -2.13. The summed E-state index contributed by atoms with van der Waals surface area (Å²) >= 11 is 1.62. The molecule has 0 radical (unpaired) electrons. The first-order valence-electron chi connectivity index (χ1n) is 6.99. The van der Waals surface area contributed by atoms with Gasteiger partial charge in [-0.2, -0.15) is 0 Å². The summed E-state index contributed by atoms with van der Waals surface area (Å²) in [7, 11) is 0. The molecule has 1 heterocycles. The van der Waals surface area contributed by atoms with Gasteiger partial charge in [-0.25, -0.2) is 4.98 Å². The summed E-state index contributed by atoms with van der Waals surface area (Å²) < 4.78 is 0. The van der Waals surface area contributed by atoms with E-state index >= 15 is 0 Å². The quantitative estimate of drug-likeness (QED) is 0.911. The molecule has 4 heteroatoms. The van der Waals surface area contributed by atoms with Crippen molar-refractivity contribution in [2.45, 2.75) is 33.1 Å². The molecule has 1 aliphatic carbocycles. The van der Waals surface area contributed by atoms with Crippen LogP contribution in [0.2, 0.25) is 0 Å². The van der Waals surface area contributed by atoms with Crippen LogP contribution in [-0.4, -0.2) is 10.9 Å². The third-order valence-corrected chi connectivity index (χ3v) is 4.83. The fourth-order valence-corrected chi connectivity index (χ4v) is 3.75. The minimum Gasteiger partial charge on any atom is -0.298 e. The molecule has 1 aliphatic rings. The summed E-state index contributed by atoms with van der Waals surface area (Å²) in [4.78, 5) is 18.2. The Kier molecular flexibility index (Phi) is 3.57. The normalized spacial score (nSPS) is 17.6. The van der Waals surface area contributed by atoms with Crippen LogP contribution in [-0.2, 0) is 12.8 Å². The van der Waals surface area contributed by atoms with E-state index in [0.717, 1.165) is 29.5 Å². The van der Waals surface area contributed by atoms with Crippen LogP contribution in [0.3, 0.4) is 0 Å². The van der Waals surface area contributed by atoms with Gasteiger partial charge in [-0.15, -0.1) is 11.3 Å². The van der Waals surface area contributed by atoms with Crippen molar-refractivity contribution in [1.82, 2.24) is 4.98 Å². The van der Waals surface area contributed by atoms with Gasteiger partial charge >= 0.3 is 0 Å². The number of fused-ring (bicyclic) bond motifs is 1. The van der Waals surface area contributed by atoms with E-state index in [9.17, 15) is 4.79 Å². The van der Waals surface area contributed by atoms with E-state index in [1.807, 2.05) is 31.2 Å². The highest BCUT2D eigenvalue weighted by molar-refractivity contribution is 7.15. The summed E-state index contributed by atoms with van der Waals surface area (Å²) in [6.45, 7) is 4.22. The van der Waals surface area contributed by atoms with Gasteiger partial charge in [0.05, 0.1) is 5.69 Å². The summed E-state index contributed by atoms with van der Waals surface area (Å²) in [6.07, 6.45) is 3.32. The zero-order chi connectivity index (χ0) is 14.1.